The summed E-state index contributed by atoms with van der Waals surface area (Å²) in [5.41, 5.74) is 4.79. The number of piperidine rings is 1. The Labute approximate surface area is 142 Å². The van der Waals surface area contributed by atoms with Crippen molar-refractivity contribution in [2.45, 2.75) is 44.8 Å². The largest absolute Gasteiger partial charge is 0.444 e. The second-order valence-electron chi connectivity index (χ2n) is 7.01. The Balaban J connectivity index is 1.90. The number of hydrogen-bond donors (Lipinski definition) is 2. The molecule has 1 amide bonds. The van der Waals surface area contributed by atoms with E-state index < -0.39 is 17.3 Å². The van der Waals surface area contributed by atoms with Crippen LogP contribution in [0, 0.1) is 0 Å². The highest BCUT2D eigenvalue weighted by molar-refractivity contribution is 5.67. The van der Waals surface area contributed by atoms with Gasteiger partial charge in [0.15, 0.2) is 0 Å². The molecule has 2 heterocycles. The number of rotatable bonds is 4. The van der Waals surface area contributed by atoms with Gasteiger partial charge in [0, 0.05) is 26.4 Å². The van der Waals surface area contributed by atoms with Crippen molar-refractivity contribution in [3.8, 4) is 0 Å². The first-order chi connectivity index (χ1) is 11.2. The molecule has 0 bridgehead atoms. The van der Waals surface area contributed by atoms with Gasteiger partial charge >= 0.3 is 6.09 Å². The van der Waals surface area contributed by atoms with Gasteiger partial charge in [-0.3, -0.25) is 0 Å². The molecule has 0 atom stereocenters. The first-order valence-corrected chi connectivity index (χ1v) is 8.08. The third-order valence-corrected chi connectivity index (χ3v) is 4.01. The van der Waals surface area contributed by atoms with Crippen LogP contribution in [0.25, 0.3) is 0 Å². The van der Waals surface area contributed by atoms with Crippen molar-refractivity contribution in [3.05, 3.63) is 12.3 Å². The molecule has 0 aliphatic carbocycles. The fourth-order valence-electron chi connectivity index (χ4n) is 2.63. The van der Waals surface area contributed by atoms with Crippen molar-refractivity contribution in [3.63, 3.8) is 0 Å². The summed E-state index contributed by atoms with van der Waals surface area (Å²) in [6, 6.07) is 1.66. The van der Waals surface area contributed by atoms with Crippen molar-refractivity contribution < 1.29 is 14.3 Å². The van der Waals surface area contributed by atoms with Crippen molar-refractivity contribution >= 4 is 17.9 Å². The number of carbonyl (C=O) groups is 1. The second kappa shape index (κ2) is 7.21. The maximum atomic E-state index is 11.8. The van der Waals surface area contributed by atoms with Gasteiger partial charge < -0.3 is 25.4 Å². The first-order valence-electron chi connectivity index (χ1n) is 8.08. The second-order valence-corrected chi connectivity index (χ2v) is 7.01. The highest BCUT2D eigenvalue weighted by Crippen LogP contribution is 2.27. The number of nitrogen functional groups attached to an aromatic ring is 1. The van der Waals surface area contributed by atoms with Crippen molar-refractivity contribution in [2.75, 3.05) is 37.4 Å². The average Bonchev–Trinajstić information content (AvgIpc) is 2.52. The minimum atomic E-state index is -0.516. The molecule has 0 spiro atoms. The molecule has 1 aliphatic rings. The predicted molar refractivity (Wildman–Crippen MR) is 91.9 cm³/mol. The van der Waals surface area contributed by atoms with Crippen LogP contribution in [0.1, 0.15) is 33.6 Å². The molecule has 3 N–H and O–H groups in total. The summed E-state index contributed by atoms with van der Waals surface area (Å²) in [7, 11) is 1.67. The van der Waals surface area contributed by atoms with Crippen LogP contribution in [0.15, 0.2) is 12.3 Å². The lowest BCUT2D eigenvalue weighted by molar-refractivity contribution is -0.0305. The van der Waals surface area contributed by atoms with E-state index in [1.54, 1.807) is 19.4 Å². The van der Waals surface area contributed by atoms with Crippen LogP contribution in [0.2, 0.25) is 0 Å². The normalized spacial score (nSPS) is 17.4. The van der Waals surface area contributed by atoms with Crippen LogP contribution in [-0.4, -0.2) is 54.0 Å². The SMILES string of the molecule is COC1(CNC(=O)OC(C)(C)C)CCN(c2nccc(N)n2)CC1. The number of nitrogens with zero attached hydrogens (tertiary/aromatic N) is 3. The molecule has 1 aromatic rings. The molecule has 0 aromatic carbocycles. The number of amides is 1. The summed E-state index contributed by atoms with van der Waals surface area (Å²) in [5.74, 6) is 1.08. The quantitative estimate of drug-likeness (QED) is 0.859. The number of ether oxygens (including phenoxy) is 2. The third-order valence-electron chi connectivity index (χ3n) is 4.01. The predicted octanol–water partition coefficient (Wildman–Crippen LogP) is 1.57. The van der Waals surface area contributed by atoms with Gasteiger partial charge in [-0.15, -0.1) is 0 Å². The van der Waals surface area contributed by atoms with E-state index in [1.807, 2.05) is 20.8 Å². The molecule has 8 nitrogen and oxygen atoms in total. The minimum Gasteiger partial charge on any atom is -0.444 e. The molecule has 8 heteroatoms. The van der Waals surface area contributed by atoms with E-state index in [4.69, 9.17) is 15.2 Å². The summed E-state index contributed by atoms with van der Waals surface area (Å²) < 4.78 is 11.0. The maximum absolute atomic E-state index is 11.8. The molecule has 2 rings (SSSR count). The van der Waals surface area contributed by atoms with E-state index in [1.165, 1.54) is 0 Å². The Kier molecular flexibility index (Phi) is 5.48. The molecule has 1 aliphatic heterocycles. The lowest BCUT2D eigenvalue weighted by atomic mass is 9.91. The smallest absolute Gasteiger partial charge is 0.407 e. The van der Waals surface area contributed by atoms with Crippen molar-refractivity contribution in [1.82, 2.24) is 15.3 Å². The van der Waals surface area contributed by atoms with E-state index in [0.29, 0.717) is 18.3 Å². The van der Waals surface area contributed by atoms with Gasteiger partial charge in [0.05, 0.1) is 12.1 Å². The molecule has 134 valence electrons. The Hall–Kier alpha value is -2.09. The van der Waals surface area contributed by atoms with E-state index in [9.17, 15) is 4.79 Å². The maximum Gasteiger partial charge on any atom is 0.407 e. The van der Waals surface area contributed by atoms with E-state index >= 15 is 0 Å². The number of hydrogen-bond acceptors (Lipinski definition) is 7. The fraction of sp³-hybridized carbons (Fsp3) is 0.688. The van der Waals surface area contributed by atoms with Gasteiger partial charge in [0.1, 0.15) is 11.4 Å². The summed E-state index contributed by atoms with van der Waals surface area (Å²) in [4.78, 5) is 22.4. The van der Waals surface area contributed by atoms with Gasteiger partial charge in [0.25, 0.3) is 0 Å². The molecule has 0 saturated carbocycles. The fourth-order valence-corrected chi connectivity index (χ4v) is 2.63. The van der Waals surface area contributed by atoms with Crippen LogP contribution in [0.5, 0.6) is 0 Å². The number of alkyl carbamates (subject to hydrolysis) is 1. The highest BCUT2D eigenvalue weighted by Gasteiger charge is 2.36. The molecule has 24 heavy (non-hydrogen) atoms. The van der Waals surface area contributed by atoms with E-state index in [-0.39, 0.29) is 0 Å². The first kappa shape index (κ1) is 18.3. The lowest BCUT2D eigenvalue weighted by Gasteiger charge is -2.40. The third kappa shape index (κ3) is 4.95. The Morgan fingerprint density at radius 3 is 2.62 bits per heavy atom. The topological polar surface area (TPSA) is 103 Å². The van der Waals surface area contributed by atoms with E-state index in [0.717, 1.165) is 25.9 Å². The van der Waals surface area contributed by atoms with Crippen LogP contribution in [-0.2, 0) is 9.47 Å². The zero-order valence-corrected chi connectivity index (χ0v) is 14.8. The molecule has 0 unspecified atom stereocenters. The lowest BCUT2D eigenvalue weighted by Crippen LogP contribution is -2.52. The average molecular weight is 337 g/mol. The zero-order valence-electron chi connectivity index (χ0n) is 14.8. The molecule has 1 saturated heterocycles. The van der Waals surface area contributed by atoms with Crippen LogP contribution in [0.3, 0.4) is 0 Å². The number of anilines is 2. The summed E-state index contributed by atoms with van der Waals surface area (Å²) >= 11 is 0. The van der Waals surface area contributed by atoms with Crippen molar-refractivity contribution in [1.29, 1.82) is 0 Å². The highest BCUT2D eigenvalue weighted by atomic mass is 16.6. The van der Waals surface area contributed by atoms with Gasteiger partial charge in [-0.25, -0.2) is 9.78 Å². The number of nitrogens with two attached hydrogens (primary N) is 1. The van der Waals surface area contributed by atoms with Crippen molar-refractivity contribution in [2.24, 2.45) is 0 Å². The van der Waals surface area contributed by atoms with Crippen LogP contribution >= 0.6 is 0 Å². The van der Waals surface area contributed by atoms with E-state index in [2.05, 4.69) is 20.2 Å². The number of aromatic nitrogens is 2. The zero-order chi connectivity index (χ0) is 17.8. The van der Waals surface area contributed by atoms with Gasteiger partial charge in [0.2, 0.25) is 5.95 Å². The Morgan fingerprint density at radius 1 is 1.42 bits per heavy atom. The summed E-state index contributed by atoms with van der Waals surface area (Å²) in [5, 5.41) is 2.81. The van der Waals surface area contributed by atoms with Gasteiger partial charge in [-0.2, -0.15) is 4.98 Å². The molecular weight excluding hydrogens is 310 g/mol. The standard InChI is InChI=1S/C16H27N5O3/c1-15(2,3)24-14(22)19-11-16(23-4)6-9-21(10-7-16)13-18-8-5-12(17)20-13/h5,8H,6-7,9-11H2,1-4H3,(H,19,22)(H2,17,18,20). The summed E-state index contributed by atoms with van der Waals surface area (Å²) in [6.45, 7) is 7.37. The molecule has 1 fully saturated rings. The molecule has 0 radical (unpaired) electrons. The molecule has 1 aromatic heterocycles. The van der Waals surface area contributed by atoms with Crippen LogP contribution in [0.4, 0.5) is 16.6 Å². The monoisotopic (exact) mass is 337 g/mol. The molecular formula is C16H27N5O3. The van der Waals surface area contributed by atoms with Gasteiger partial charge in [-0.1, -0.05) is 0 Å². The Morgan fingerprint density at radius 2 is 2.08 bits per heavy atom. The number of carbonyl (C=O) groups excluding carboxylic acids is 1. The number of methoxy groups -OCH3 is 1. The van der Waals surface area contributed by atoms with Crippen LogP contribution < -0.4 is 16.0 Å². The minimum absolute atomic E-state index is 0.407. The summed E-state index contributed by atoms with van der Waals surface area (Å²) in [6.07, 6.45) is 2.72. The Bertz CT molecular complexity index is 565. The van der Waals surface area contributed by atoms with Gasteiger partial charge in [-0.05, 0) is 39.7 Å². The number of nitrogens with one attached hydrogen (secondary N) is 1.